The van der Waals surface area contributed by atoms with Crippen molar-refractivity contribution in [1.82, 2.24) is 0 Å². The fourth-order valence-corrected chi connectivity index (χ4v) is 3.28. The predicted molar refractivity (Wildman–Crippen MR) is 112 cm³/mol. The van der Waals surface area contributed by atoms with Crippen LogP contribution in [0.2, 0.25) is 0 Å². The second-order valence-electron chi connectivity index (χ2n) is 6.49. The minimum Gasteiger partial charge on any atom is -0.491 e. The van der Waals surface area contributed by atoms with Crippen molar-refractivity contribution in [3.63, 3.8) is 0 Å². The number of carbonyl (C=O) groups is 2. The number of methoxy groups -OCH3 is 1. The second kappa shape index (κ2) is 10.5. The zero-order chi connectivity index (χ0) is 22.1. The molecule has 0 spiro atoms. The van der Waals surface area contributed by atoms with Crippen LogP contribution >= 0.6 is 0 Å². The molecule has 1 amide bonds. The van der Waals surface area contributed by atoms with E-state index in [1.807, 2.05) is 13.8 Å². The number of carbonyl (C=O) groups excluding carboxylic acids is 2. The van der Waals surface area contributed by atoms with Gasteiger partial charge in [-0.25, -0.2) is 13.2 Å². The first kappa shape index (κ1) is 23.0. The van der Waals surface area contributed by atoms with Crippen LogP contribution in [0.1, 0.15) is 13.8 Å². The highest BCUT2D eigenvalue weighted by Crippen LogP contribution is 2.18. The lowest BCUT2D eigenvalue weighted by molar-refractivity contribution is -0.142. The number of amides is 1. The number of esters is 1. The van der Waals surface area contributed by atoms with Crippen LogP contribution in [-0.2, 0) is 24.3 Å². The first-order valence-electron chi connectivity index (χ1n) is 9.03. The molecule has 10 heteroatoms. The Bertz CT molecular complexity index is 956. The van der Waals surface area contributed by atoms with E-state index in [-0.39, 0.29) is 12.7 Å². The third-order valence-electron chi connectivity index (χ3n) is 3.54. The number of rotatable bonds is 10. The second-order valence-corrected chi connectivity index (χ2v) is 8.21. The van der Waals surface area contributed by atoms with Gasteiger partial charge in [-0.05, 0) is 62.4 Å². The lowest BCUT2D eigenvalue weighted by Crippen LogP contribution is -2.27. The van der Waals surface area contributed by atoms with Crippen LogP contribution in [0.15, 0.2) is 48.5 Å². The Labute approximate surface area is 175 Å². The van der Waals surface area contributed by atoms with Gasteiger partial charge in [-0.2, -0.15) is 0 Å². The summed E-state index contributed by atoms with van der Waals surface area (Å²) >= 11 is 0. The van der Waals surface area contributed by atoms with Crippen LogP contribution in [0.3, 0.4) is 0 Å². The summed E-state index contributed by atoms with van der Waals surface area (Å²) in [5.41, 5.74) is 0.710. The lowest BCUT2D eigenvalue weighted by Gasteiger charge is -2.12. The van der Waals surface area contributed by atoms with Gasteiger partial charge in [0, 0.05) is 11.4 Å². The molecule has 0 saturated heterocycles. The van der Waals surface area contributed by atoms with Crippen molar-refractivity contribution in [3.8, 4) is 11.5 Å². The molecule has 9 nitrogen and oxygen atoms in total. The fraction of sp³-hybridized carbons (Fsp3) is 0.300. The number of ether oxygens (including phenoxy) is 3. The molecule has 0 atom stereocenters. The SMILES string of the molecule is COC(=O)COc1ccc(NC(=O)CS(=O)(=O)Nc2ccc(OC(C)C)cc2)cc1. The molecular formula is C20H24N2O7S. The maximum Gasteiger partial charge on any atom is 0.343 e. The topological polar surface area (TPSA) is 120 Å². The molecule has 2 N–H and O–H groups in total. The van der Waals surface area contributed by atoms with Crippen molar-refractivity contribution < 1.29 is 32.2 Å². The maximum absolute atomic E-state index is 12.2. The van der Waals surface area contributed by atoms with Gasteiger partial charge in [0.2, 0.25) is 15.9 Å². The highest BCUT2D eigenvalue weighted by atomic mass is 32.2. The van der Waals surface area contributed by atoms with Crippen molar-refractivity contribution in [2.24, 2.45) is 0 Å². The Hall–Kier alpha value is -3.27. The summed E-state index contributed by atoms with van der Waals surface area (Å²) in [6.07, 6.45) is 0.00437. The highest BCUT2D eigenvalue weighted by Gasteiger charge is 2.17. The summed E-state index contributed by atoms with van der Waals surface area (Å²) in [5.74, 6) is -0.961. The Morgan fingerprint density at radius 2 is 1.50 bits per heavy atom. The van der Waals surface area contributed by atoms with Crippen LogP contribution in [0.4, 0.5) is 11.4 Å². The quantitative estimate of drug-likeness (QED) is 0.549. The van der Waals surface area contributed by atoms with Gasteiger partial charge in [0.1, 0.15) is 17.3 Å². The molecule has 0 aliphatic heterocycles. The van der Waals surface area contributed by atoms with Gasteiger partial charge in [-0.3, -0.25) is 9.52 Å². The molecule has 2 aromatic rings. The molecule has 0 bridgehead atoms. The van der Waals surface area contributed by atoms with E-state index in [2.05, 4.69) is 14.8 Å². The summed E-state index contributed by atoms with van der Waals surface area (Å²) in [6, 6.07) is 12.5. The Morgan fingerprint density at radius 1 is 0.933 bits per heavy atom. The minimum absolute atomic E-state index is 0.00437. The maximum atomic E-state index is 12.2. The highest BCUT2D eigenvalue weighted by molar-refractivity contribution is 7.93. The van der Waals surface area contributed by atoms with Crippen LogP contribution in [0, 0.1) is 0 Å². The zero-order valence-electron chi connectivity index (χ0n) is 16.9. The molecule has 0 fully saturated rings. The van der Waals surface area contributed by atoms with Gasteiger partial charge in [0.15, 0.2) is 6.61 Å². The Balaban J connectivity index is 1.87. The number of anilines is 2. The summed E-state index contributed by atoms with van der Waals surface area (Å²) in [7, 11) is -2.64. The number of hydrogen-bond acceptors (Lipinski definition) is 7. The third kappa shape index (κ3) is 8.00. The van der Waals surface area contributed by atoms with Crippen LogP contribution in [-0.4, -0.2) is 45.9 Å². The van der Waals surface area contributed by atoms with Crippen LogP contribution in [0.5, 0.6) is 11.5 Å². The van der Waals surface area contributed by atoms with Gasteiger partial charge in [0.25, 0.3) is 0 Å². The zero-order valence-corrected chi connectivity index (χ0v) is 17.7. The molecule has 30 heavy (non-hydrogen) atoms. The van der Waals surface area contributed by atoms with E-state index in [4.69, 9.17) is 9.47 Å². The van der Waals surface area contributed by atoms with Crippen molar-refractivity contribution in [2.45, 2.75) is 20.0 Å². The van der Waals surface area contributed by atoms with Gasteiger partial charge in [-0.15, -0.1) is 0 Å². The molecule has 0 aromatic heterocycles. The average Bonchev–Trinajstić information content (AvgIpc) is 2.67. The first-order chi connectivity index (χ1) is 14.2. The predicted octanol–water partition coefficient (Wildman–Crippen LogP) is 2.41. The molecular weight excluding hydrogens is 412 g/mol. The number of benzene rings is 2. The largest absolute Gasteiger partial charge is 0.491 e. The molecule has 0 saturated carbocycles. The monoisotopic (exact) mass is 436 g/mol. The molecule has 2 aromatic carbocycles. The molecule has 0 radical (unpaired) electrons. The van der Waals surface area contributed by atoms with Gasteiger partial charge in [-0.1, -0.05) is 0 Å². The standard InChI is InChI=1S/C20H24N2O7S/c1-14(2)29-18-10-6-16(7-11-18)22-30(25,26)13-19(23)21-15-4-8-17(9-5-15)28-12-20(24)27-3/h4-11,14,22H,12-13H2,1-3H3,(H,21,23). The lowest BCUT2D eigenvalue weighted by atomic mass is 10.3. The molecule has 162 valence electrons. The van der Waals surface area contributed by atoms with E-state index in [0.29, 0.717) is 22.9 Å². The van der Waals surface area contributed by atoms with E-state index in [9.17, 15) is 18.0 Å². The molecule has 0 aliphatic rings. The molecule has 2 rings (SSSR count). The van der Waals surface area contributed by atoms with E-state index in [1.165, 1.54) is 31.4 Å². The van der Waals surface area contributed by atoms with Crippen molar-refractivity contribution in [2.75, 3.05) is 29.5 Å². The van der Waals surface area contributed by atoms with Crippen LogP contribution < -0.4 is 19.5 Å². The summed E-state index contributed by atoms with van der Waals surface area (Å²) in [6.45, 7) is 3.53. The molecule has 0 heterocycles. The fourth-order valence-electron chi connectivity index (χ4n) is 2.29. The Kier molecular flexibility index (Phi) is 8.05. The van der Waals surface area contributed by atoms with E-state index >= 15 is 0 Å². The van der Waals surface area contributed by atoms with Gasteiger partial charge >= 0.3 is 5.97 Å². The van der Waals surface area contributed by atoms with Crippen molar-refractivity contribution >= 4 is 33.3 Å². The van der Waals surface area contributed by atoms with E-state index in [1.54, 1.807) is 24.3 Å². The first-order valence-corrected chi connectivity index (χ1v) is 10.7. The molecule has 0 aliphatic carbocycles. The molecule has 0 unspecified atom stereocenters. The average molecular weight is 436 g/mol. The van der Waals surface area contributed by atoms with Gasteiger partial charge in [0.05, 0.1) is 13.2 Å². The smallest absolute Gasteiger partial charge is 0.343 e. The van der Waals surface area contributed by atoms with Crippen LogP contribution in [0.25, 0.3) is 0 Å². The van der Waals surface area contributed by atoms with Crippen molar-refractivity contribution in [3.05, 3.63) is 48.5 Å². The normalized spacial score (nSPS) is 10.9. The van der Waals surface area contributed by atoms with E-state index < -0.39 is 27.7 Å². The third-order valence-corrected chi connectivity index (χ3v) is 4.73. The summed E-state index contributed by atoms with van der Waals surface area (Å²) in [5, 5.41) is 2.49. The van der Waals surface area contributed by atoms with Gasteiger partial charge < -0.3 is 19.5 Å². The minimum atomic E-state index is -3.90. The van der Waals surface area contributed by atoms with Crippen molar-refractivity contribution in [1.29, 1.82) is 0 Å². The Morgan fingerprint density at radius 3 is 2.07 bits per heavy atom. The summed E-state index contributed by atoms with van der Waals surface area (Å²) in [4.78, 5) is 23.1. The summed E-state index contributed by atoms with van der Waals surface area (Å²) < 4.78 is 42.0. The number of sulfonamides is 1. The van der Waals surface area contributed by atoms with E-state index in [0.717, 1.165) is 0 Å². The number of nitrogens with one attached hydrogen (secondary N) is 2. The number of hydrogen-bond donors (Lipinski definition) is 2.